The Morgan fingerprint density at radius 2 is 1.81 bits per heavy atom. The van der Waals surface area contributed by atoms with E-state index < -0.39 is 10.0 Å². The van der Waals surface area contributed by atoms with Gasteiger partial charge in [0.15, 0.2) is 11.5 Å². The van der Waals surface area contributed by atoms with Gasteiger partial charge in [0.25, 0.3) is 0 Å². The fraction of sp³-hybridized carbons (Fsp3) is 0.632. The summed E-state index contributed by atoms with van der Waals surface area (Å²) in [5, 5.41) is 2.89. The number of nitrogens with zero attached hydrogens (tertiary/aromatic N) is 1. The van der Waals surface area contributed by atoms with E-state index in [1.165, 1.54) is 24.1 Å². The Balaban J connectivity index is 1.96. The third-order valence-electron chi connectivity index (χ3n) is 4.91. The van der Waals surface area contributed by atoms with Crippen LogP contribution in [-0.2, 0) is 21.4 Å². The topological polar surface area (TPSA) is 84.9 Å². The van der Waals surface area contributed by atoms with E-state index in [0.717, 1.165) is 31.2 Å². The molecule has 0 atom stereocenters. The maximum Gasteiger partial charge on any atom is 0.223 e. The molecule has 7 nitrogen and oxygen atoms in total. The Bertz CT molecular complexity index is 730. The number of nitrogens with one attached hydrogen (secondary N) is 1. The number of hydrogen-bond acceptors (Lipinski definition) is 5. The van der Waals surface area contributed by atoms with Crippen molar-refractivity contribution in [2.75, 3.05) is 33.6 Å². The van der Waals surface area contributed by atoms with Crippen molar-refractivity contribution in [2.45, 2.75) is 38.6 Å². The second-order valence-corrected chi connectivity index (χ2v) is 8.89. The maximum absolute atomic E-state index is 12.2. The molecule has 0 bridgehead atoms. The van der Waals surface area contributed by atoms with Crippen LogP contribution in [0.25, 0.3) is 0 Å². The molecule has 0 saturated heterocycles. The van der Waals surface area contributed by atoms with E-state index in [4.69, 9.17) is 9.47 Å². The number of ether oxygens (including phenoxy) is 2. The minimum Gasteiger partial charge on any atom is -0.493 e. The average molecular weight is 399 g/mol. The fourth-order valence-electron chi connectivity index (χ4n) is 3.36. The van der Waals surface area contributed by atoms with Crippen LogP contribution in [0.3, 0.4) is 0 Å². The lowest BCUT2D eigenvalue weighted by Crippen LogP contribution is -2.40. The number of sulfonamides is 1. The van der Waals surface area contributed by atoms with Crippen molar-refractivity contribution < 1.29 is 22.7 Å². The molecule has 0 unspecified atom stereocenters. The predicted octanol–water partition coefficient (Wildman–Crippen LogP) is 2.16. The highest BCUT2D eigenvalue weighted by Gasteiger charge is 2.22. The SMILES string of the molecule is COc1ccc(CN(CCNC(=O)C2CCCCC2)S(C)(=O)=O)cc1OC. The van der Waals surface area contributed by atoms with Crippen LogP contribution < -0.4 is 14.8 Å². The molecule has 1 amide bonds. The number of carbonyl (C=O) groups excluding carboxylic acids is 1. The van der Waals surface area contributed by atoms with Gasteiger partial charge in [-0.05, 0) is 30.5 Å². The zero-order valence-electron chi connectivity index (χ0n) is 16.4. The van der Waals surface area contributed by atoms with E-state index in [1.54, 1.807) is 25.3 Å². The van der Waals surface area contributed by atoms with Gasteiger partial charge in [0, 0.05) is 25.6 Å². The van der Waals surface area contributed by atoms with Crippen LogP contribution in [0.15, 0.2) is 18.2 Å². The summed E-state index contributed by atoms with van der Waals surface area (Å²) in [6, 6.07) is 5.32. The van der Waals surface area contributed by atoms with Gasteiger partial charge >= 0.3 is 0 Å². The van der Waals surface area contributed by atoms with Crippen molar-refractivity contribution in [1.82, 2.24) is 9.62 Å². The normalized spacial score (nSPS) is 15.6. The Morgan fingerprint density at radius 1 is 1.15 bits per heavy atom. The molecule has 27 heavy (non-hydrogen) atoms. The largest absolute Gasteiger partial charge is 0.493 e. The van der Waals surface area contributed by atoms with E-state index >= 15 is 0 Å². The van der Waals surface area contributed by atoms with Crippen LogP contribution in [0.4, 0.5) is 0 Å². The average Bonchev–Trinajstić information content (AvgIpc) is 2.66. The highest BCUT2D eigenvalue weighted by molar-refractivity contribution is 7.88. The minimum atomic E-state index is -3.41. The molecule has 0 spiro atoms. The van der Waals surface area contributed by atoms with Crippen LogP contribution >= 0.6 is 0 Å². The lowest BCUT2D eigenvalue weighted by molar-refractivity contribution is -0.125. The molecule has 1 saturated carbocycles. The first-order valence-corrected chi connectivity index (χ1v) is 11.1. The van der Waals surface area contributed by atoms with Crippen molar-refractivity contribution in [3.8, 4) is 11.5 Å². The number of hydrogen-bond donors (Lipinski definition) is 1. The molecule has 1 N–H and O–H groups in total. The van der Waals surface area contributed by atoms with Crippen LogP contribution in [0.5, 0.6) is 11.5 Å². The molecular weight excluding hydrogens is 368 g/mol. The number of carbonyl (C=O) groups is 1. The molecule has 152 valence electrons. The van der Waals surface area contributed by atoms with E-state index in [0.29, 0.717) is 18.0 Å². The van der Waals surface area contributed by atoms with E-state index in [2.05, 4.69) is 5.32 Å². The standard InChI is InChI=1S/C19H30N2O5S/c1-25-17-10-9-15(13-18(17)26-2)14-21(27(3,23)24)12-11-20-19(22)16-7-5-4-6-8-16/h9-10,13,16H,4-8,11-12,14H2,1-3H3,(H,20,22). The summed E-state index contributed by atoms with van der Waals surface area (Å²) in [6.07, 6.45) is 6.40. The van der Waals surface area contributed by atoms with E-state index in [9.17, 15) is 13.2 Å². The van der Waals surface area contributed by atoms with Crippen LogP contribution in [0, 0.1) is 5.92 Å². The lowest BCUT2D eigenvalue weighted by atomic mass is 9.89. The predicted molar refractivity (Wildman–Crippen MR) is 104 cm³/mol. The molecule has 8 heteroatoms. The summed E-state index contributed by atoms with van der Waals surface area (Å²) < 4.78 is 36.1. The molecule has 1 aromatic rings. The Morgan fingerprint density at radius 3 is 2.41 bits per heavy atom. The van der Waals surface area contributed by atoms with Crippen LogP contribution in [0.2, 0.25) is 0 Å². The van der Waals surface area contributed by atoms with Crippen LogP contribution in [-0.4, -0.2) is 52.2 Å². The first-order chi connectivity index (χ1) is 12.8. The third kappa shape index (κ3) is 6.39. The molecular formula is C19H30N2O5S. The number of methoxy groups -OCH3 is 2. The van der Waals surface area contributed by atoms with Crippen molar-refractivity contribution in [3.05, 3.63) is 23.8 Å². The highest BCUT2D eigenvalue weighted by Crippen LogP contribution is 2.28. The Labute approximate surface area is 162 Å². The number of benzene rings is 1. The van der Waals surface area contributed by atoms with E-state index in [-0.39, 0.29) is 24.9 Å². The van der Waals surface area contributed by atoms with E-state index in [1.807, 2.05) is 0 Å². The smallest absolute Gasteiger partial charge is 0.223 e. The number of amides is 1. The molecule has 1 aliphatic carbocycles. The quantitative estimate of drug-likeness (QED) is 0.689. The summed E-state index contributed by atoms with van der Waals surface area (Å²) in [5.41, 5.74) is 0.789. The molecule has 1 aromatic carbocycles. The maximum atomic E-state index is 12.2. The van der Waals surface area contributed by atoms with Gasteiger partial charge in [-0.25, -0.2) is 8.42 Å². The van der Waals surface area contributed by atoms with Gasteiger partial charge in [-0.15, -0.1) is 0 Å². The lowest BCUT2D eigenvalue weighted by Gasteiger charge is -2.23. The van der Waals surface area contributed by atoms with Crippen molar-refractivity contribution >= 4 is 15.9 Å². The fourth-order valence-corrected chi connectivity index (χ4v) is 4.16. The minimum absolute atomic E-state index is 0.0364. The summed E-state index contributed by atoms with van der Waals surface area (Å²) in [6.45, 7) is 0.736. The summed E-state index contributed by atoms with van der Waals surface area (Å²) in [7, 11) is -0.322. The zero-order chi connectivity index (χ0) is 19.9. The van der Waals surface area contributed by atoms with Crippen molar-refractivity contribution in [3.63, 3.8) is 0 Å². The molecule has 2 rings (SSSR count). The molecule has 0 aromatic heterocycles. The molecule has 0 radical (unpaired) electrons. The van der Waals surface area contributed by atoms with Gasteiger partial charge < -0.3 is 14.8 Å². The molecule has 0 aliphatic heterocycles. The van der Waals surface area contributed by atoms with Gasteiger partial charge in [0.1, 0.15) is 0 Å². The van der Waals surface area contributed by atoms with Crippen molar-refractivity contribution in [1.29, 1.82) is 0 Å². The zero-order valence-corrected chi connectivity index (χ0v) is 17.2. The van der Waals surface area contributed by atoms with Gasteiger partial charge in [0.05, 0.1) is 20.5 Å². The number of rotatable bonds is 9. The summed E-state index contributed by atoms with van der Waals surface area (Å²) >= 11 is 0. The van der Waals surface area contributed by atoms with Gasteiger partial charge in [-0.3, -0.25) is 4.79 Å². The Hall–Kier alpha value is -1.80. The monoisotopic (exact) mass is 398 g/mol. The van der Waals surface area contributed by atoms with Gasteiger partial charge in [0.2, 0.25) is 15.9 Å². The first-order valence-electron chi connectivity index (χ1n) is 9.29. The molecule has 0 heterocycles. The second kappa shape index (κ2) is 9.94. The van der Waals surface area contributed by atoms with Gasteiger partial charge in [-0.1, -0.05) is 25.3 Å². The summed E-state index contributed by atoms with van der Waals surface area (Å²) in [4.78, 5) is 12.2. The Kier molecular flexibility index (Phi) is 7.91. The van der Waals surface area contributed by atoms with Crippen LogP contribution in [0.1, 0.15) is 37.7 Å². The third-order valence-corrected chi connectivity index (χ3v) is 6.16. The van der Waals surface area contributed by atoms with Crippen molar-refractivity contribution in [2.24, 2.45) is 5.92 Å². The summed E-state index contributed by atoms with van der Waals surface area (Å²) in [5.74, 6) is 1.24. The first kappa shape index (κ1) is 21.5. The second-order valence-electron chi connectivity index (χ2n) is 6.91. The molecule has 1 aliphatic rings. The highest BCUT2D eigenvalue weighted by atomic mass is 32.2. The van der Waals surface area contributed by atoms with Gasteiger partial charge in [-0.2, -0.15) is 4.31 Å². The molecule has 1 fully saturated rings.